The van der Waals surface area contributed by atoms with E-state index in [0.29, 0.717) is 6.04 Å². The average Bonchev–Trinajstić information content (AvgIpc) is 2.68. The Morgan fingerprint density at radius 3 is 2.94 bits per heavy atom. The molecule has 0 aliphatic heterocycles. The van der Waals surface area contributed by atoms with Crippen molar-refractivity contribution in [2.45, 2.75) is 52.1 Å². The number of hydrogen-bond donors (Lipinski definition) is 1. The molecule has 1 unspecified atom stereocenters. The van der Waals surface area contributed by atoms with Crippen molar-refractivity contribution >= 4 is 11.3 Å². The van der Waals surface area contributed by atoms with Gasteiger partial charge in [0.1, 0.15) is 0 Å². The van der Waals surface area contributed by atoms with Gasteiger partial charge in [-0.1, -0.05) is 19.4 Å². The Morgan fingerprint density at radius 1 is 1.56 bits per heavy atom. The third-order valence-electron chi connectivity index (χ3n) is 2.75. The van der Waals surface area contributed by atoms with Crippen LogP contribution in [0.15, 0.2) is 18.2 Å². The Hall–Kier alpha value is -0.670. The summed E-state index contributed by atoms with van der Waals surface area (Å²) in [6, 6.07) is 0.615. The molecule has 0 aliphatic carbocycles. The first-order valence-electron chi connectivity index (χ1n) is 6.01. The lowest BCUT2D eigenvalue weighted by atomic mass is 10.1. The SMILES string of the molecule is C=CCCC(CCC)NCc1scnc1C. The number of allylic oxidation sites excluding steroid dienone is 1. The molecule has 1 rings (SSSR count). The molecule has 2 nitrogen and oxygen atoms in total. The van der Waals surface area contributed by atoms with Gasteiger partial charge < -0.3 is 5.32 Å². The van der Waals surface area contributed by atoms with Crippen molar-refractivity contribution in [1.82, 2.24) is 10.3 Å². The van der Waals surface area contributed by atoms with Crippen LogP contribution in [-0.2, 0) is 6.54 Å². The molecule has 0 amide bonds. The zero-order chi connectivity index (χ0) is 11.8. The molecular weight excluding hydrogens is 216 g/mol. The molecule has 1 aromatic heterocycles. The second-order valence-corrected chi connectivity index (χ2v) is 5.03. The van der Waals surface area contributed by atoms with Crippen LogP contribution in [0.2, 0.25) is 0 Å². The molecule has 90 valence electrons. The predicted octanol–water partition coefficient (Wildman–Crippen LogP) is 3.68. The zero-order valence-electron chi connectivity index (χ0n) is 10.3. The van der Waals surface area contributed by atoms with Gasteiger partial charge in [-0.25, -0.2) is 4.98 Å². The molecule has 0 fully saturated rings. The summed E-state index contributed by atoms with van der Waals surface area (Å²) < 4.78 is 0. The van der Waals surface area contributed by atoms with Crippen molar-refractivity contribution in [2.24, 2.45) is 0 Å². The predicted molar refractivity (Wildman–Crippen MR) is 71.8 cm³/mol. The van der Waals surface area contributed by atoms with E-state index in [2.05, 4.69) is 30.7 Å². The highest BCUT2D eigenvalue weighted by Gasteiger charge is 2.08. The zero-order valence-corrected chi connectivity index (χ0v) is 11.1. The molecule has 1 N–H and O–H groups in total. The second kappa shape index (κ2) is 7.58. The van der Waals surface area contributed by atoms with E-state index < -0.39 is 0 Å². The van der Waals surface area contributed by atoms with Crippen LogP contribution in [0.1, 0.15) is 43.2 Å². The lowest BCUT2D eigenvalue weighted by molar-refractivity contribution is 0.451. The standard InChI is InChI=1S/C13H22N2S/c1-4-6-8-12(7-5-2)14-9-13-11(3)15-10-16-13/h4,10,12,14H,1,5-9H2,2-3H3. The minimum Gasteiger partial charge on any atom is -0.309 e. The number of aryl methyl sites for hydroxylation is 1. The molecule has 0 aromatic carbocycles. The maximum absolute atomic E-state index is 4.27. The summed E-state index contributed by atoms with van der Waals surface area (Å²) in [7, 11) is 0. The molecule has 0 radical (unpaired) electrons. The molecule has 0 aliphatic rings. The summed E-state index contributed by atoms with van der Waals surface area (Å²) in [5.74, 6) is 0. The summed E-state index contributed by atoms with van der Waals surface area (Å²) in [6.07, 6.45) is 6.76. The molecule has 1 heterocycles. The van der Waals surface area contributed by atoms with Gasteiger partial charge in [-0.2, -0.15) is 0 Å². The average molecular weight is 238 g/mol. The van der Waals surface area contributed by atoms with Gasteiger partial charge in [-0.05, 0) is 26.2 Å². The first kappa shape index (κ1) is 13.4. The van der Waals surface area contributed by atoms with Gasteiger partial charge in [-0.3, -0.25) is 0 Å². The van der Waals surface area contributed by atoms with E-state index in [1.165, 1.54) is 24.1 Å². The fraction of sp³-hybridized carbons (Fsp3) is 0.615. The lowest BCUT2D eigenvalue weighted by Gasteiger charge is -2.16. The number of nitrogens with one attached hydrogen (secondary N) is 1. The van der Waals surface area contributed by atoms with Crippen LogP contribution in [0.25, 0.3) is 0 Å². The summed E-state index contributed by atoms with van der Waals surface area (Å²) >= 11 is 1.74. The minimum atomic E-state index is 0.615. The van der Waals surface area contributed by atoms with Gasteiger partial charge in [0.25, 0.3) is 0 Å². The number of rotatable bonds is 8. The smallest absolute Gasteiger partial charge is 0.0798 e. The Bertz CT molecular complexity index is 307. The summed E-state index contributed by atoms with van der Waals surface area (Å²) in [6.45, 7) is 9.05. The van der Waals surface area contributed by atoms with Crippen molar-refractivity contribution in [1.29, 1.82) is 0 Å². The van der Waals surface area contributed by atoms with E-state index in [1.807, 2.05) is 11.6 Å². The Balaban J connectivity index is 2.36. The molecular formula is C13H22N2S. The second-order valence-electron chi connectivity index (χ2n) is 4.09. The van der Waals surface area contributed by atoms with Gasteiger partial charge in [0, 0.05) is 17.5 Å². The first-order chi connectivity index (χ1) is 7.77. The highest BCUT2D eigenvalue weighted by Crippen LogP contribution is 2.13. The third kappa shape index (κ3) is 4.45. The monoisotopic (exact) mass is 238 g/mol. The number of nitrogens with zero attached hydrogens (tertiary/aromatic N) is 1. The van der Waals surface area contributed by atoms with E-state index in [-0.39, 0.29) is 0 Å². The van der Waals surface area contributed by atoms with Crippen LogP contribution >= 0.6 is 11.3 Å². The molecule has 3 heteroatoms. The number of aromatic nitrogens is 1. The molecule has 0 spiro atoms. The third-order valence-corrected chi connectivity index (χ3v) is 3.69. The maximum atomic E-state index is 4.27. The van der Waals surface area contributed by atoms with Gasteiger partial charge in [-0.15, -0.1) is 17.9 Å². The topological polar surface area (TPSA) is 24.9 Å². The van der Waals surface area contributed by atoms with Crippen LogP contribution in [0, 0.1) is 6.92 Å². The van der Waals surface area contributed by atoms with Crippen LogP contribution in [0.4, 0.5) is 0 Å². The number of thiazole rings is 1. The normalized spacial score (nSPS) is 12.6. The van der Waals surface area contributed by atoms with Crippen LogP contribution in [-0.4, -0.2) is 11.0 Å². The van der Waals surface area contributed by atoms with E-state index in [0.717, 1.165) is 18.7 Å². The van der Waals surface area contributed by atoms with Gasteiger partial charge in [0.15, 0.2) is 0 Å². The number of hydrogen-bond acceptors (Lipinski definition) is 3. The Labute approximate surface area is 103 Å². The highest BCUT2D eigenvalue weighted by atomic mass is 32.1. The summed E-state index contributed by atoms with van der Waals surface area (Å²) in [4.78, 5) is 5.63. The first-order valence-corrected chi connectivity index (χ1v) is 6.89. The van der Waals surface area contributed by atoms with Crippen LogP contribution in [0.5, 0.6) is 0 Å². The minimum absolute atomic E-state index is 0.615. The molecule has 0 saturated heterocycles. The molecule has 16 heavy (non-hydrogen) atoms. The largest absolute Gasteiger partial charge is 0.309 e. The van der Waals surface area contributed by atoms with Crippen molar-refractivity contribution in [2.75, 3.05) is 0 Å². The molecule has 0 saturated carbocycles. The quantitative estimate of drug-likeness (QED) is 0.699. The molecule has 1 atom stereocenters. The van der Waals surface area contributed by atoms with E-state index in [4.69, 9.17) is 0 Å². The fourth-order valence-electron chi connectivity index (χ4n) is 1.75. The van der Waals surface area contributed by atoms with Crippen molar-refractivity contribution in [3.05, 3.63) is 28.7 Å². The Morgan fingerprint density at radius 2 is 2.38 bits per heavy atom. The van der Waals surface area contributed by atoms with E-state index in [9.17, 15) is 0 Å². The van der Waals surface area contributed by atoms with Gasteiger partial charge in [0.2, 0.25) is 0 Å². The highest BCUT2D eigenvalue weighted by molar-refractivity contribution is 7.09. The Kier molecular flexibility index (Phi) is 6.34. The summed E-state index contributed by atoms with van der Waals surface area (Å²) in [5, 5.41) is 3.62. The lowest BCUT2D eigenvalue weighted by Crippen LogP contribution is -2.28. The van der Waals surface area contributed by atoms with Gasteiger partial charge in [0.05, 0.1) is 11.2 Å². The van der Waals surface area contributed by atoms with Crippen LogP contribution < -0.4 is 5.32 Å². The van der Waals surface area contributed by atoms with Crippen LogP contribution in [0.3, 0.4) is 0 Å². The maximum Gasteiger partial charge on any atom is 0.0798 e. The summed E-state index contributed by atoms with van der Waals surface area (Å²) in [5.41, 5.74) is 3.08. The van der Waals surface area contributed by atoms with E-state index in [1.54, 1.807) is 11.3 Å². The van der Waals surface area contributed by atoms with Crippen molar-refractivity contribution < 1.29 is 0 Å². The van der Waals surface area contributed by atoms with Crippen molar-refractivity contribution in [3.63, 3.8) is 0 Å². The van der Waals surface area contributed by atoms with E-state index >= 15 is 0 Å². The molecule has 1 aromatic rings. The van der Waals surface area contributed by atoms with Crippen molar-refractivity contribution in [3.8, 4) is 0 Å². The van der Waals surface area contributed by atoms with Gasteiger partial charge >= 0.3 is 0 Å². The fourth-order valence-corrected chi connectivity index (χ4v) is 2.48. The molecule has 0 bridgehead atoms.